The lowest BCUT2D eigenvalue weighted by molar-refractivity contribution is 0.410. The van der Waals surface area contributed by atoms with Gasteiger partial charge in [-0.2, -0.15) is 0 Å². The van der Waals surface area contributed by atoms with Crippen LogP contribution in [-0.4, -0.2) is 37.9 Å². The summed E-state index contributed by atoms with van der Waals surface area (Å²) in [6, 6.07) is 13.1. The molecule has 3 rings (SSSR count). The largest absolute Gasteiger partial charge is 0.424 e. The zero-order chi connectivity index (χ0) is 22.8. The zero-order valence-corrected chi connectivity index (χ0v) is 18.8. The number of hydrogen-bond acceptors (Lipinski definition) is 7. The second-order valence-electron chi connectivity index (χ2n) is 6.89. The van der Waals surface area contributed by atoms with Crippen molar-refractivity contribution in [3.63, 3.8) is 0 Å². The van der Waals surface area contributed by atoms with Crippen LogP contribution in [0.5, 0.6) is 11.8 Å². The maximum Gasteiger partial charge on any atom is 0.322 e. The Bertz CT molecular complexity index is 1300. The standard InChI is InChI=1S/C19H23N5O5S2/c1-4-24-18(13(2)16-10-5-6-11-17(16)31(20,27)28)21-22-19(24)29-15-9-7-8-14(12-15)23-30(3,25)26/h5-13,23H,4H2,1-3H3,(H2,20,27,28)/t13-/m1/s1. The fourth-order valence-electron chi connectivity index (χ4n) is 3.17. The van der Waals surface area contributed by atoms with E-state index >= 15 is 0 Å². The number of nitrogens with two attached hydrogens (primary N) is 1. The molecule has 0 unspecified atom stereocenters. The molecule has 0 radical (unpaired) electrons. The maximum atomic E-state index is 12.0. The molecule has 0 amide bonds. The Hall–Kier alpha value is -2.96. The number of ether oxygens (including phenoxy) is 1. The molecule has 0 aliphatic carbocycles. The summed E-state index contributed by atoms with van der Waals surface area (Å²) in [7, 11) is -7.34. The van der Waals surface area contributed by atoms with E-state index < -0.39 is 26.0 Å². The van der Waals surface area contributed by atoms with Gasteiger partial charge in [0.1, 0.15) is 11.6 Å². The molecule has 0 saturated heterocycles. The van der Waals surface area contributed by atoms with Crippen molar-refractivity contribution < 1.29 is 21.6 Å². The lowest BCUT2D eigenvalue weighted by Crippen LogP contribution is -2.17. The predicted octanol–water partition coefficient (Wildman–Crippen LogP) is 2.26. The van der Waals surface area contributed by atoms with Gasteiger partial charge >= 0.3 is 6.01 Å². The van der Waals surface area contributed by atoms with E-state index in [0.717, 1.165) is 6.26 Å². The third kappa shape index (κ3) is 5.40. The maximum absolute atomic E-state index is 12.0. The molecule has 31 heavy (non-hydrogen) atoms. The van der Waals surface area contributed by atoms with Crippen LogP contribution in [0.4, 0.5) is 5.69 Å². The minimum atomic E-state index is -3.91. The Kier molecular flexibility index (Phi) is 6.34. The molecule has 166 valence electrons. The van der Waals surface area contributed by atoms with Crippen LogP contribution in [-0.2, 0) is 26.6 Å². The molecule has 1 aromatic heterocycles. The topological polar surface area (TPSA) is 146 Å². The van der Waals surface area contributed by atoms with Crippen molar-refractivity contribution in [2.24, 2.45) is 5.14 Å². The Balaban J connectivity index is 1.95. The number of sulfonamides is 2. The van der Waals surface area contributed by atoms with Crippen LogP contribution >= 0.6 is 0 Å². The van der Waals surface area contributed by atoms with Crippen LogP contribution in [0, 0.1) is 0 Å². The van der Waals surface area contributed by atoms with E-state index in [9.17, 15) is 16.8 Å². The van der Waals surface area contributed by atoms with Crippen molar-refractivity contribution in [1.82, 2.24) is 14.8 Å². The highest BCUT2D eigenvalue weighted by molar-refractivity contribution is 7.92. The number of hydrogen-bond donors (Lipinski definition) is 2. The van der Waals surface area contributed by atoms with Gasteiger partial charge in [0.15, 0.2) is 0 Å². The normalized spacial score (nSPS) is 13.0. The summed E-state index contributed by atoms with van der Waals surface area (Å²) in [4.78, 5) is 0.0233. The second-order valence-corrected chi connectivity index (χ2v) is 10.2. The number of nitrogens with zero attached hydrogens (tertiary/aromatic N) is 3. The third-order valence-electron chi connectivity index (χ3n) is 4.49. The van der Waals surface area contributed by atoms with Gasteiger partial charge in [-0.15, -0.1) is 5.10 Å². The fraction of sp³-hybridized carbons (Fsp3) is 0.263. The van der Waals surface area contributed by atoms with Gasteiger partial charge in [-0.3, -0.25) is 9.29 Å². The summed E-state index contributed by atoms with van der Waals surface area (Å²) >= 11 is 0. The van der Waals surface area contributed by atoms with Crippen LogP contribution in [0.25, 0.3) is 0 Å². The van der Waals surface area contributed by atoms with Gasteiger partial charge in [0.2, 0.25) is 20.0 Å². The van der Waals surface area contributed by atoms with E-state index in [1.54, 1.807) is 47.9 Å². The Morgan fingerprint density at radius 1 is 1.10 bits per heavy atom. The Morgan fingerprint density at radius 2 is 1.81 bits per heavy atom. The molecule has 3 N–H and O–H groups in total. The van der Waals surface area contributed by atoms with E-state index in [1.165, 1.54) is 12.1 Å². The minimum Gasteiger partial charge on any atom is -0.424 e. The summed E-state index contributed by atoms with van der Waals surface area (Å²) < 4.78 is 56.8. The number of rotatable bonds is 8. The average molecular weight is 466 g/mol. The molecule has 10 nitrogen and oxygen atoms in total. The molecular weight excluding hydrogens is 442 g/mol. The van der Waals surface area contributed by atoms with Crippen molar-refractivity contribution in [1.29, 1.82) is 0 Å². The van der Waals surface area contributed by atoms with Crippen molar-refractivity contribution in [3.05, 3.63) is 59.9 Å². The molecule has 2 aromatic carbocycles. The highest BCUT2D eigenvalue weighted by atomic mass is 32.2. The first-order chi connectivity index (χ1) is 14.5. The highest BCUT2D eigenvalue weighted by Crippen LogP contribution is 2.31. The lowest BCUT2D eigenvalue weighted by Gasteiger charge is -2.16. The smallest absolute Gasteiger partial charge is 0.322 e. The first-order valence-corrected chi connectivity index (χ1v) is 12.7. The Morgan fingerprint density at radius 3 is 2.45 bits per heavy atom. The molecule has 0 saturated carbocycles. The quantitative estimate of drug-likeness (QED) is 0.519. The van der Waals surface area contributed by atoms with Gasteiger partial charge in [-0.05, 0) is 30.7 Å². The van der Waals surface area contributed by atoms with Gasteiger partial charge < -0.3 is 4.74 Å². The number of anilines is 1. The minimum absolute atomic E-state index is 0.0233. The van der Waals surface area contributed by atoms with Crippen molar-refractivity contribution in [2.75, 3.05) is 11.0 Å². The molecule has 0 spiro atoms. The van der Waals surface area contributed by atoms with Crippen molar-refractivity contribution in [2.45, 2.75) is 31.2 Å². The van der Waals surface area contributed by atoms with Gasteiger partial charge in [0.25, 0.3) is 0 Å². The summed E-state index contributed by atoms with van der Waals surface area (Å²) in [6.45, 7) is 4.14. The molecule has 1 atom stereocenters. The van der Waals surface area contributed by atoms with E-state index in [1.807, 2.05) is 6.92 Å². The molecule has 1 heterocycles. The molecule has 0 aliphatic heterocycles. The first-order valence-electron chi connectivity index (χ1n) is 9.30. The zero-order valence-electron chi connectivity index (χ0n) is 17.2. The average Bonchev–Trinajstić information content (AvgIpc) is 3.08. The number of aromatic nitrogens is 3. The van der Waals surface area contributed by atoms with Crippen LogP contribution in [0.15, 0.2) is 53.4 Å². The van der Waals surface area contributed by atoms with Crippen molar-refractivity contribution in [3.8, 4) is 11.8 Å². The van der Waals surface area contributed by atoms with E-state index in [2.05, 4.69) is 14.9 Å². The highest BCUT2D eigenvalue weighted by Gasteiger charge is 2.24. The second kappa shape index (κ2) is 8.65. The fourth-order valence-corrected chi connectivity index (χ4v) is 4.57. The van der Waals surface area contributed by atoms with Crippen LogP contribution < -0.4 is 14.6 Å². The van der Waals surface area contributed by atoms with E-state index in [0.29, 0.717) is 29.4 Å². The van der Waals surface area contributed by atoms with Crippen LogP contribution in [0.2, 0.25) is 0 Å². The summed E-state index contributed by atoms with van der Waals surface area (Å²) in [5, 5.41) is 13.7. The number of primary sulfonamides is 1. The molecule has 0 aliphatic rings. The molecular formula is C19H23N5O5S2. The predicted molar refractivity (Wildman–Crippen MR) is 116 cm³/mol. The van der Waals surface area contributed by atoms with Gasteiger partial charge in [0.05, 0.1) is 16.8 Å². The molecule has 0 bridgehead atoms. The molecule has 0 fully saturated rings. The molecule has 3 aromatic rings. The molecule has 12 heteroatoms. The summed E-state index contributed by atoms with van der Waals surface area (Å²) in [5.41, 5.74) is 0.844. The third-order valence-corrected chi connectivity index (χ3v) is 6.08. The SMILES string of the molecule is CCn1c(Oc2cccc(NS(C)(=O)=O)c2)nnc1[C@H](C)c1ccccc1S(N)(=O)=O. The van der Waals surface area contributed by atoms with Gasteiger partial charge in [0, 0.05) is 18.5 Å². The van der Waals surface area contributed by atoms with E-state index in [4.69, 9.17) is 9.88 Å². The lowest BCUT2D eigenvalue weighted by atomic mass is 10.0. The summed E-state index contributed by atoms with van der Waals surface area (Å²) in [6.07, 6.45) is 1.06. The van der Waals surface area contributed by atoms with Crippen molar-refractivity contribution >= 4 is 25.7 Å². The van der Waals surface area contributed by atoms with Crippen LogP contribution in [0.1, 0.15) is 31.2 Å². The Labute approximate surface area is 181 Å². The summed E-state index contributed by atoms with van der Waals surface area (Å²) in [5.74, 6) is 0.427. The number of nitrogens with one attached hydrogen (secondary N) is 1. The van der Waals surface area contributed by atoms with Crippen LogP contribution in [0.3, 0.4) is 0 Å². The monoisotopic (exact) mass is 465 g/mol. The van der Waals surface area contributed by atoms with Gasteiger partial charge in [-0.1, -0.05) is 36.3 Å². The van der Waals surface area contributed by atoms with Gasteiger partial charge in [-0.25, -0.2) is 22.0 Å². The number of benzene rings is 2. The van der Waals surface area contributed by atoms with E-state index in [-0.39, 0.29) is 10.9 Å². The first kappa shape index (κ1) is 22.7.